The van der Waals surface area contributed by atoms with Crippen molar-refractivity contribution in [1.29, 1.82) is 0 Å². The third-order valence-electron chi connectivity index (χ3n) is 5.86. The van der Waals surface area contributed by atoms with Gasteiger partial charge in [0.2, 0.25) is 0 Å². The van der Waals surface area contributed by atoms with Crippen LogP contribution in [0.2, 0.25) is 0 Å². The number of nitrogens with one attached hydrogen (secondary N) is 1. The molecule has 0 amide bonds. The molecule has 2 aromatic carbocycles. The van der Waals surface area contributed by atoms with E-state index in [1.807, 2.05) is 30.5 Å². The highest BCUT2D eigenvalue weighted by Gasteiger charge is 2.23. The Bertz CT molecular complexity index is 901. The molecule has 0 fully saturated rings. The largest absolute Gasteiger partial charge is 0.497 e. The Hall–Kier alpha value is -2.59. The lowest BCUT2D eigenvalue weighted by molar-refractivity contribution is -0.954. The average Bonchev–Trinajstić information content (AvgIpc) is 3.15. The van der Waals surface area contributed by atoms with E-state index in [0.717, 1.165) is 24.4 Å². The first-order chi connectivity index (χ1) is 14.0. The van der Waals surface area contributed by atoms with Gasteiger partial charge in [0.1, 0.15) is 24.7 Å². The van der Waals surface area contributed by atoms with E-state index in [1.165, 1.54) is 22.2 Å². The highest BCUT2D eigenvalue weighted by molar-refractivity contribution is 5.26. The molecule has 1 N–H and O–H groups in total. The van der Waals surface area contributed by atoms with Crippen molar-refractivity contribution in [2.24, 2.45) is 5.92 Å². The molecule has 3 rings (SSSR count). The van der Waals surface area contributed by atoms with Crippen LogP contribution in [0.3, 0.4) is 0 Å². The molecule has 0 aliphatic rings. The van der Waals surface area contributed by atoms with Gasteiger partial charge < -0.3 is 14.2 Å². The molecule has 0 saturated carbocycles. The molecule has 0 saturated heterocycles. The number of quaternary nitrogens is 1. The second-order valence-electron chi connectivity index (χ2n) is 8.11. The van der Waals surface area contributed by atoms with Crippen molar-refractivity contribution in [1.82, 2.24) is 4.57 Å². The second kappa shape index (κ2) is 9.75. The van der Waals surface area contributed by atoms with E-state index in [0.29, 0.717) is 18.5 Å². The predicted molar refractivity (Wildman–Crippen MR) is 116 cm³/mol. The van der Waals surface area contributed by atoms with Crippen molar-refractivity contribution in [3.63, 3.8) is 0 Å². The Labute approximate surface area is 173 Å². The van der Waals surface area contributed by atoms with Crippen molar-refractivity contribution in [3.05, 3.63) is 89.5 Å². The molecule has 3 nitrogen and oxygen atoms in total. The first-order valence-electron chi connectivity index (χ1n) is 10.3. The van der Waals surface area contributed by atoms with Gasteiger partial charge in [0.25, 0.3) is 0 Å². The number of benzene rings is 2. The van der Waals surface area contributed by atoms with Crippen LogP contribution < -0.4 is 9.64 Å². The number of ether oxygens (including phenoxy) is 1. The normalized spacial score (nSPS) is 13.4. The lowest BCUT2D eigenvalue weighted by Gasteiger charge is -2.29. The summed E-state index contributed by atoms with van der Waals surface area (Å²) in [5.41, 5.74) is 3.24. The van der Waals surface area contributed by atoms with Crippen molar-refractivity contribution >= 4 is 0 Å². The maximum atomic E-state index is 14.1. The molecule has 2 atom stereocenters. The van der Waals surface area contributed by atoms with Gasteiger partial charge in [0.15, 0.2) is 0 Å². The molecule has 3 aromatic rings. The molecule has 1 aromatic heterocycles. The minimum absolute atomic E-state index is 0.148. The molecular weight excluding hydrogens is 363 g/mol. The number of methoxy groups -OCH3 is 1. The minimum atomic E-state index is -0.148. The fourth-order valence-corrected chi connectivity index (χ4v) is 3.67. The number of hydrogen-bond acceptors (Lipinski definition) is 1. The summed E-state index contributed by atoms with van der Waals surface area (Å²) in [5, 5.41) is 0. The van der Waals surface area contributed by atoms with E-state index >= 15 is 0 Å². The Balaban J connectivity index is 1.79. The topological polar surface area (TPSA) is 18.6 Å². The van der Waals surface area contributed by atoms with Gasteiger partial charge in [0, 0.05) is 23.2 Å². The van der Waals surface area contributed by atoms with E-state index in [1.54, 1.807) is 13.2 Å². The van der Waals surface area contributed by atoms with Crippen LogP contribution in [0.1, 0.15) is 37.6 Å². The summed E-state index contributed by atoms with van der Waals surface area (Å²) in [5.74, 6) is 1.30. The molecule has 4 heteroatoms. The van der Waals surface area contributed by atoms with Gasteiger partial charge in [-0.05, 0) is 49.4 Å². The summed E-state index contributed by atoms with van der Waals surface area (Å²) in [6.07, 6.45) is 2.05. The number of nitrogens with zero attached hydrogens (tertiary/aromatic N) is 1. The van der Waals surface area contributed by atoms with Gasteiger partial charge >= 0.3 is 0 Å². The zero-order valence-electron chi connectivity index (χ0n) is 17.9. The van der Waals surface area contributed by atoms with Crippen molar-refractivity contribution in [2.45, 2.75) is 46.4 Å². The summed E-state index contributed by atoms with van der Waals surface area (Å²) in [6, 6.07) is 20.1. The Kier molecular flexibility index (Phi) is 7.10. The van der Waals surface area contributed by atoms with E-state index in [4.69, 9.17) is 4.74 Å². The van der Waals surface area contributed by atoms with Gasteiger partial charge in [-0.25, -0.2) is 4.39 Å². The Morgan fingerprint density at radius 1 is 0.931 bits per heavy atom. The van der Waals surface area contributed by atoms with Crippen molar-refractivity contribution in [3.8, 4) is 5.75 Å². The average molecular weight is 396 g/mol. The number of halogens is 1. The van der Waals surface area contributed by atoms with E-state index in [9.17, 15) is 4.39 Å². The van der Waals surface area contributed by atoms with Crippen LogP contribution in [0.15, 0.2) is 66.9 Å². The zero-order chi connectivity index (χ0) is 20.8. The lowest BCUT2D eigenvalue weighted by atomic mass is 10.0. The first kappa shape index (κ1) is 21.1. The monoisotopic (exact) mass is 395 g/mol. The number of aromatic nitrogens is 1. The highest BCUT2D eigenvalue weighted by atomic mass is 19.1. The first-order valence-corrected chi connectivity index (χ1v) is 10.3. The molecule has 1 unspecified atom stereocenters. The Morgan fingerprint density at radius 3 is 2.31 bits per heavy atom. The molecule has 0 bridgehead atoms. The molecule has 0 radical (unpaired) electrons. The van der Waals surface area contributed by atoms with Gasteiger partial charge in [-0.3, -0.25) is 0 Å². The molecule has 1 heterocycles. The lowest BCUT2D eigenvalue weighted by Crippen LogP contribution is -3.13. The minimum Gasteiger partial charge on any atom is -0.497 e. The summed E-state index contributed by atoms with van der Waals surface area (Å²) in [7, 11) is 1.69. The molecule has 0 aliphatic carbocycles. The fourth-order valence-electron chi connectivity index (χ4n) is 3.67. The molecule has 29 heavy (non-hydrogen) atoms. The van der Waals surface area contributed by atoms with Crippen molar-refractivity contribution in [2.75, 3.05) is 7.11 Å². The van der Waals surface area contributed by atoms with Crippen LogP contribution in [0.5, 0.6) is 5.75 Å². The summed E-state index contributed by atoms with van der Waals surface area (Å²) < 4.78 is 21.6. The highest BCUT2D eigenvalue weighted by Crippen LogP contribution is 2.13. The SMILES string of the molecule is COc1ccc(C[NH+](Cc2cccn2Cc2ccccc2F)[C@H](C)C(C)C)cc1. The third kappa shape index (κ3) is 5.48. The third-order valence-corrected chi connectivity index (χ3v) is 5.86. The van der Waals surface area contributed by atoms with Crippen molar-refractivity contribution < 1.29 is 14.0 Å². The van der Waals surface area contributed by atoms with Crippen LogP contribution in [-0.2, 0) is 19.6 Å². The number of hydrogen-bond donors (Lipinski definition) is 1. The second-order valence-corrected chi connectivity index (χ2v) is 8.11. The van der Waals surface area contributed by atoms with Crippen LogP contribution in [0, 0.1) is 11.7 Å². The van der Waals surface area contributed by atoms with Gasteiger partial charge in [-0.1, -0.05) is 32.0 Å². The van der Waals surface area contributed by atoms with Crippen LogP contribution >= 0.6 is 0 Å². The molecular formula is C25H32FN2O+. The zero-order valence-corrected chi connectivity index (χ0v) is 17.9. The predicted octanol–water partition coefficient (Wildman–Crippen LogP) is 4.31. The standard InChI is InChI=1S/C25H31FN2O/c1-19(2)20(3)28(16-21-11-13-24(29-4)14-12-21)18-23-9-7-15-27(23)17-22-8-5-6-10-25(22)26/h5-15,19-20H,16-18H2,1-4H3/p+1/t20-/m1/s1. The van der Waals surface area contributed by atoms with E-state index in [2.05, 4.69) is 49.6 Å². The van der Waals surface area contributed by atoms with Crippen LogP contribution in [0.4, 0.5) is 4.39 Å². The van der Waals surface area contributed by atoms with Crippen LogP contribution in [-0.4, -0.2) is 17.7 Å². The summed E-state index contributed by atoms with van der Waals surface area (Å²) in [6.45, 7) is 9.25. The fraction of sp³-hybridized carbons (Fsp3) is 0.360. The summed E-state index contributed by atoms with van der Waals surface area (Å²) >= 11 is 0. The van der Waals surface area contributed by atoms with E-state index in [-0.39, 0.29) is 5.82 Å². The smallest absolute Gasteiger partial charge is 0.128 e. The maximum absolute atomic E-state index is 14.1. The Morgan fingerprint density at radius 2 is 1.66 bits per heavy atom. The van der Waals surface area contributed by atoms with Gasteiger partial charge in [-0.15, -0.1) is 0 Å². The van der Waals surface area contributed by atoms with Gasteiger partial charge in [-0.2, -0.15) is 0 Å². The van der Waals surface area contributed by atoms with Gasteiger partial charge in [0.05, 0.1) is 25.4 Å². The maximum Gasteiger partial charge on any atom is 0.128 e. The summed E-state index contributed by atoms with van der Waals surface area (Å²) in [4.78, 5) is 1.50. The van der Waals surface area contributed by atoms with Crippen LogP contribution in [0.25, 0.3) is 0 Å². The molecule has 154 valence electrons. The van der Waals surface area contributed by atoms with E-state index < -0.39 is 0 Å². The quantitative estimate of drug-likeness (QED) is 0.572. The number of rotatable bonds is 9. The molecule has 0 spiro atoms. The molecule has 0 aliphatic heterocycles.